The van der Waals surface area contributed by atoms with E-state index in [1.807, 2.05) is 20.8 Å². The first-order valence-corrected chi connectivity index (χ1v) is 12.1. The summed E-state index contributed by atoms with van der Waals surface area (Å²) < 4.78 is 7.96. The number of amides is 1. The van der Waals surface area contributed by atoms with Crippen LogP contribution in [0, 0.1) is 29.1 Å². The maximum atomic E-state index is 13.8. The van der Waals surface area contributed by atoms with E-state index in [1.165, 1.54) is 0 Å². The number of hydrogen-bond acceptors (Lipinski definition) is 4. The van der Waals surface area contributed by atoms with E-state index in [-0.39, 0.29) is 41.0 Å². The lowest BCUT2D eigenvalue weighted by Gasteiger charge is -2.38. The molecule has 6 heteroatoms. The molecule has 0 aliphatic heterocycles. The van der Waals surface area contributed by atoms with E-state index >= 15 is 0 Å². The Labute approximate surface area is 191 Å². The third-order valence-corrected chi connectivity index (χ3v) is 7.25. The van der Waals surface area contributed by atoms with Gasteiger partial charge in [0.25, 0.3) is 0 Å². The van der Waals surface area contributed by atoms with Gasteiger partial charge >= 0.3 is 5.97 Å². The molecule has 2 saturated carbocycles. The van der Waals surface area contributed by atoms with Crippen LogP contribution in [0.1, 0.15) is 95.0 Å². The van der Waals surface area contributed by atoms with E-state index in [9.17, 15) is 19.8 Å². The van der Waals surface area contributed by atoms with Gasteiger partial charge in [0.05, 0.1) is 18.0 Å². The summed E-state index contributed by atoms with van der Waals surface area (Å²) >= 11 is 1.11. The number of hydrogen-bond donors (Lipinski definition) is 2. The highest BCUT2D eigenvalue weighted by Crippen LogP contribution is 2.38. The van der Waals surface area contributed by atoms with Gasteiger partial charge in [0, 0.05) is 17.4 Å². The van der Waals surface area contributed by atoms with Crippen molar-refractivity contribution in [2.45, 2.75) is 91.2 Å². The molecule has 0 spiro atoms. The molecule has 2 aliphatic carbocycles. The summed E-state index contributed by atoms with van der Waals surface area (Å²) in [6.07, 6.45) is 3.65. The highest BCUT2D eigenvalue weighted by atomic mass is 32.1. The lowest BCUT2D eigenvalue weighted by Crippen LogP contribution is -2.47. The van der Waals surface area contributed by atoms with Crippen LogP contribution >= 0.6 is 11.3 Å². The molecule has 1 aromatic rings. The van der Waals surface area contributed by atoms with Crippen molar-refractivity contribution in [1.29, 1.82) is 0 Å². The van der Waals surface area contributed by atoms with Crippen LogP contribution in [0.3, 0.4) is 0 Å². The van der Waals surface area contributed by atoms with E-state index in [1.54, 1.807) is 11.0 Å². The van der Waals surface area contributed by atoms with Gasteiger partial charge in [-0.25, -0.2) is 4.79 Å². The van der Waals surface area contributed by atoms with Gasteiger partial charge in [0.1, 0.15) is 4.88 Å². The summed E-state index contributed by atoms with van der Waals surface area (Å²) in [6, 6.07) is 1.53. The first-order chi connectivity index (χ1) is 14.9. The molecule has 2 N–H and O–H groups in total. The first-order valence-electron chi connectivity index (χ1n) is 11.8. The predicted octanol–water partition coefficient (Wildman–Crippen LogP) is 5.31. The van der Waals surface area contributed by atoms with Crippen LogP contribution in [0.15, 0.2) is 6.07 Å². The third-order valence-electron chi connectivity index (χ3n) is 6.23. The number of carboxylic acids is 1. The van der Waals surface area contributed by atoms with Crippen LogP contribution in [0.4, 0.5) is 5.69 Å². The van der Waals surface area contributed by atoms with Gasteiger partial charge in [-0.2, -0.15) is 0 Å². The summed E-state index contributed by atoms with van der Waals surface area (Å²) in [6.45, 7) is 8.19. The predicted molar refractivity (Wildman–Crippen MR) is 124 cm³/mol. The number of carbonyl (C=O) groups is 2. The highest BCUT2D eigenvalue weighted by Gasteiger charge is 2.37. The topological polar surface area (TPSA) is 77.8 Å². The molecule has 0 aromatic carbocycles. The van der Waals surface area contributed by atoms with Crippen LogP contribution in [0.2, 0.25) is 0 Å². The maximum absolute atomic E-state index is 13.8. The summed E-state index contributed by atoms with van der Waals surface area (Å²) in [5.41, 5.74) is 0.203. The number of aliphatic hydroxyl groups is 1. The molecule has 31 heavy (non-hydrogen) atoms. The average molecular weight is 447 g/mol. The van der Waals surface area contributed by atoms with Gasteiger partial charge in [0.2, 0.25) is 5.91 Å². The van der Waals surface area contributed by atoms with Gasteiger partial charge in [0.15, 0.2) is 0 Å². The molecule has 0 radical (unpaired) electrons. The number of nitrogens with zero attached hydrogens (tertiary/aromatic N) is 1. The molecule has 0 atom stereocenters. The first kappa shape index (κ1) is 22.4. The lowest BCUT2D eigenvalue weighted by molar-refractivity contribution is -0.124. The summed E-state index contributed by atoms with van der Waals surface area (Å²) in [4.78, 5) is 28.3. The maximum Gasteiger partial charge on any atom is 0.348 e. The molecule has 1 amide bonds. The zero-order chi connectivity index (χ0) is 23.7. The summed E-state index contributed by atoms with van der Waals surface area (Å²) in [5.74, 6) is 5.65. The zero-order valence-corrected chi connectivity index (χ0v) is 19.8. The van der Waals surface area contributed by atoms with Crippen LogP contribution in [-0.4, -0.2) is 34.2 Å². The SMILES string of the molecule is [2H][C@]1(O)CC[C@@H](N(c2cc(C#CC(C)(C)C)sc2C(=O)O)C(=O)[C@H]2CC[C@H](C)CC2)CC1. The largest absolute Gasteiger partial charge is 0.477 e. The molecule has 170 valence electrons. The van der Waals surface area contributed by atoms with Gasteiger partial charge in [-0.05, 0) is 84.1 Å². The molecule has 0 saturated heterocycles. The minimum Gasteiger partial charge on any atom is -0.477 e. The van der Waals surface area contributed by atoms with E-state index < -0.39 is 12.0 Å². The Morgan fingerprint density at radius 1 is 1.13 bits per heavy atom. The van der Waals surface area contributed by atoms with Crippen molar-refractivity contribution in [3.8, 4) is 11.8 Å². The average Bonchev–Trinajstić information content (AvgIpc) is 3.12. The number of aromatic carboxylic acids is 1. The number of carbonyl (C=O) groups excluding carboxylic acids is 1. The van der Waals surface area contributed by atoms with Crippen molar-refractivity contribution < 1.29 is 21.2 Å². The van der Waals surface area contributed by atoms with E-state index in [4.69, 9.17) is 1.37 Å². The second-order valence-electron chi connectivity index (χ2n) is 10.1. The Morgan fingerprint density at radius 3 is 2.29 bits per heavy atom. The van der Waals surface area contributed by atoms with Gasteiger partial charge in [-0.1, -0.05) is 18.8 Å². The zero-order valence-electron chi connectivity index (χ0n) is 20.0. The molecule has 1 heterocycles. The third kappa shape index (κ3) is 6.11. The number of thiophene rings is 1. The standard InChI is InChI=1S/C25H35NO4S/c1-16-5-7-17(8-6-16)23(28)26(18-9-11-19(27)12-10-18)21-15-20(13-14-25(2,3)4)31-22(21)24(29)30/h15-19,27H,5-12H2,1-4H3,(H,29,30)/t16-,17-,18-,19+/i19D. The molecule has 5 nitrogen and oxygen atoms in total. The van der Waals surface area contributed by atoms with Crippen molar-refractivity contribution in [2.24, 2.45) is 17.3 Å². The molecular formula is C25H35NO4S. The van der Waals surface area contributed by atoms with E-state index in [0.29, 0.717) is 29.3 Å². The fourth-order valence-electron chi connectivity index (χ4n) is 4.42. The number of carboxylic acid groups (broad SMARTS) is 1. The quantitative estimate of drug-likeness (QED) is 0.615. The Kier molecular flexibility index (Phi) is 7.03. The Morgan fingerprint density at radius 2 is 1.74 bits per heavy atom. The highest BCUT2D eigenvalue weighted by molar-refractivity contribution is 7.15. The minimum absolute atomic E-state index is 0.0204. The minimum atomic E-state index is -1.47. The molecular weight excluding hydrogens is 410 g/mol. The second-order valence-corrected chi connectivity index (χ2v) is 11.1. The van der Waals surface area contributed by atoms with Crippen LogP contribution in [0.5, 0.6) is 0 Å². The normalized spacial score (nSPS) is 29.5. The molecule has 1 aromatic heterocycles. The molecule has 3 rings (SSSR count). The van der Waals surface area contributed by atoms with Crippen molar-refractivity contribution in [3.63, 3.8) is 0 Å². The van der Waals surface area contributed by atoms with Gasteiger partial charge in [-0.15, -0.1) is 11.3 Å². The monoisotopic (exact) mass is 446 g/mol. The Bertz CT molecular complexity index is 903. The molecule has 2 aliphatic rings. The number of anilines is 1. The number of rotatable bonds is 4. The molecule has 0 bridgehead atoms. The van der Waals surface area contributed by atoms with Gasteiger partial charge in [-0.3, -0.25) is 4.79 Å². The smallest absolute Gasteiger partial charge is 0.348 e. The molecule has 0 unspecified atom stereocenters. The Hall–Kier alpha value is -1.84. The van der Waals surface area contributed by atoms with Crippen molar-refractivity contribution in [1.82, 2.24) is 0 Å². The van der Waals surface area contributed by atoms with Crippen LogP contribution < -0.4 is 4.90 Å². The van der Waals surface area contributed by atoms with Crippen LogP contribution in [0.25, 0.3) is 0 Å². The summed E-state index contributed by atoms with van der Waals surface area (Å²) in [7, 11) is 0. The fourth-order valence-corrected chi connectivity index (χ4v) is 5.26. The molecule has 2 fully saturated rings. The van der Waals surface area contributed by atoms with E-state index in [2.05, 4.69) is 18.8 Å². The fraction of sp³-hybridized carbons (Fsp3) is 0.680. The second kappa shape index (κ2) is 9.75. The van der Waals surface area contributed by atoms with Crippen molar-refractivity contribution in [3.05, 3.63) is 15.8 Å². The van der Waals surface area contributed by atoms with Crippen molar-refractivity contribution >= 4 is 28.9 Å². The summed E-state index contributed by atoms with van der Waals surface area (Å²) in [5, 5.41) is 20.0. The van der Waals surface area contributed by atoms with Crippen LogP contribution in [-0.2, 0) is 4.79 Å². The Balaban J connectivity index is 2.00. The van der Waals surface area contributed by atoms with Gasteiger partial charge < -0.3 is 15.1 Å². The van der Waals surface area contributed by atoms with E-state index in [0.717, 1.165) is 37.0 Å². The van der Waals surface area contributed by atoms with Crippen molar-refractivity contribution in [2.75, 3.05) is 4.90 Å². The lowest BCUT2D eigenvalue weighted by atomic mass is 9.81.